The third-order valence-corrected chi connectivity index (χ3v) is 5.56. The normalized spacial score (nSPS) is 11.2. The number of methoxy groups -OCH3 is 1. The van der Waals surface area contributed by atoms with Gasteiger partial charge in [0, 0.05) is 31.3 Å². The van der Waals surface area contributed by atoms with Crippen LogP contribution in [0, 0.1) is 0 Å². The lowest BCUT2D eigenvalue weighted by Crippen LogP contribution is -2.12. The summed E-state index contributed by atoms with van der Waals surface area (Å²) in [5.41, 5.74) is 11.1. The Kier molecular flexibility index (Phi) is 9.56. The third-order valence-electron chi connectivity index (χ3n) is 5.26. The summed E-state index contributed by atoms with van der Waals surface area (Å²) in [4.78, 5) is 4.62. The van der Waals surface area contributed by atoms with E-state index in [-0.39, 0.29) is 6.79 Å². The Morgan fingerprint density at radius 2 is 1.81 bits per heavy atom. The lowest BCUT2D eigenvalue weighted by molar-refractivity contribution is -0.0737. The molecule has 1 aromatic heterocycles. The van der Waals surface area contributed by atoms with Gasteiger partial charge in [-0.2, -0.15) is 0 Å². The zero-order valence-corrected chi connectivity index (χ0v) is 19.6. The highest BCUT2D eigenvalue weighted by Crippen LogP contribution is 2.27. The zero-order valence-electron chi connectivity index (χ0n) is 18.9. The van der Waals surface area contributed by atoms with Gasteiger partial charge in [-0.15, -0.1) is 0 Å². The standard InChI is InChI=1S/C25H32ClN3O3/c1-3-4-9-24-28-25(26)23(17-32-18-31-15-14-30-2)29(24)16-19-10-12-20(13-11-19)21-7-5-6-8-22(21)27/h5-8,10-13H,3-4,9,14-18,27H2,1-2H3. The monoisotopic (exact) mass is 457 g/mol. The molecule has 2 N–H and O–H groups in total. The number of unbranched alkanes of at least 4 members (excludes halogenated alkanes) is 1. The van der Waals surface area contributed by atoms with E-state index in [2.05, 4.69) is 40.7 Å². The minimum atomic E-state index is 0.183. The number of hydrogen-bond acceptors (Lipinski definition) is 5. The van der Waals surface area contributed by atoms with Crippen molar-refractivity contribution in [2.24, 2.45) is 0 Å². The van der Waals surface area contributed by atoms with Crippen LogP contribution < -0.4 is 5.73 Å². The van der Waals surface area contributed by atoms with E-state index in [9.17, 15) is 0 Å². The second-order valence-electron chi connectivity index (χ2n) is 7.61. The van der Waals surface area contributed by atoms with Crippen molar-refractivity contribution in [3.05, 3.63) is 70.8 Å². The number of imidazole rings is 1. The van der Waals surface area contributed by atoms with Gasteiger partial charge in [0.15, 0.2) is 5.15 Å². The molecule has 0 saturated carbocycles. The van der Waals surface area contributed by atoms with Gasteiger partial charge in [-0.1, -0.05) is 67.4 Å². The molecule has 0 unspecified atom stereocenters. The molecule has 3 aromatic rings. The predicted molar refractivity (Wildman–Crippen MR) is 129 cm³/mol. The Bertz CT molecular complexity index is 973. The summed E-state index contributed by atoms with van der Waals surface area (Å²) < 4.78 is 18.2. The van der Waals surface area contributed by atoms with Crippen LogP contribution in [0.4, 0.5) is 5.69 Å². The molecule has 1 heterocycles. The Hall–Kier alpha value is -2.38. The molecule has 0 aliphatic carbocycles. The van der Waals surface area contributed by atoms with E-state index in [1.54, 1.807) is 7.11 Å². The first-order chi connectivity index (χ1) is 15.6. The number of nitrogens with zero attached hydrogens (tertiary/aromatic N) is 2. The average Bonchev–Trinajstić information content (AvgIpc) is 3.09. The zero-order chi connectivity index (χ0) is 22.8. The maximum Gasteiger partial charge on any atom is 0.153 e. The Balaban J connectivity index is 1.75. The predicted octanol–water partition coefficient (Wildman–Crippen LogP) is 5.31. The highest BCUT2D eigenvalue weighted by Gasteiger charge is 2.16. The summed E-state index contributed by atoms with van der Waals surface area (Å²) in [5, 5.41) is 0.488. The van der Waals surface area contributed by atoms with E-state index in [0.717, 1.165) is 53.2 Å². The van der Waals surface area contributed by atoms with E-state index in [0.29, 0.717) is 31.5 Å². The van der Waals surface area contributed by atoms with Crippen LogP contribution in [-0.4, -0.2) is 36.7 Å². The van der Waals surface area contributed by atoms with E-state index < -0.39 is 0 Å². The van der Waals surface area contributed by atoms with Crippen LogP contribution in [0.25, 0.3) is 11.1 Å². The number of ether oxygens (including phenoxy) is 3. The molecule has 0 atom stereocenters. The van der Waals surface area contributed by atoms with Gasteiger partial charge in [-0.25, -0.2) is 4.98 Å². The lowest BCUT2D eigenvalue weighted by Gasteiger charge is -2.14. The highest BCUT2D eigenvalue weighted by molar-refractivity contribution is 6.30. The molecule has 0 spiro atoms. The van der Waals surface area contributed by atoms with Crippen LogP contribution in [0.1, 0.15) is 36.8 Å². The van der Waals surface area contributed by atoms with Crippen molar-refractivity contribution in [3.8, 4) is 11.1 Å². The molecule has 0 amide bonds. The number of rotatable bonds is 13. The lowest BCUT2D eigenvalue weighted by atomic mass is 10.0. The molecule has 0 saturated heterocycles. The quantitative estimate of drug-likeness (QED) is 0.214. The number of anilines is 1. The van der Waals surface area contributed by atoms with Crippen LogP contribution >= 0.6 is 11.6 Å². The Labute approximate surface area is 195 Å². The van der Waals surface area contributed by atoms with Crippen molar-refractivity contribution in [2.45, 2.75) is 39.3 Å². The van der Waals surface area contributed by atoms with Crippen LogP contribution in [0.2, 0.25) is 5.15 Å². The number of aryl methyl sites for hydroxylation is 1. The van der Waals surface area contributed by atoms with E-state index in [1.165, 1.54) is 0 Å². The second kappa shape index (κ2) is 12.6. The van der Waals surface area contributed by atoms with Crippen LogP contribution in [-0.2, 0) is 33.8 Å². The van der Waals surface area contributed by atoms with Crippen LogP contribution in [0.5, 0.6) is 0 Å². The number of hydrogen-bond donors (Lipinski definition) is 1. The van der Waals surface area contributed by atoms with Crippen molar-refractivity contribution < 1.29 is 14.2 Å². The summed E-state index contributed by atoms with van der Waals surface area (Å²) in [7, 11) is 1.64. The number of nitrogen functional groups attached to an aromatic ring is 1. The topological polar surface area (TPSA) is 71.5 Å². The van der Waals surface area contributed by atoms with Gasteiger partial charge < -0.3 is 24.5 Å². The van der Waals surface area contributed by atoms with Gasteiger partial charge in [0.1, 0.15) is 12.6 Å². The highest BCUT2D eigenvalue weighted by atomic mass is 35.5. The summed E-state index contributed by atoms with van der Waals surface area (Å²) >= 11 is 6.49. The first-order valence-corrected chi connectivity index (χ1v) is 11.3. The van der Waals surface area contributed by atoms with Gasteiger partial charge in [-0.3, -0.25) is 0 Å². The molecule has 2 aromatic carbocycles. The average molecular weight is 458 g/mol. The molecular formula is C25H32ClN3O3. The molecule has 172 valence electrons. The van der Waals surface area contributed by atoms with Gasteiger partial charge in [-0.05, 0) is 23.6 Å². The van der Waals surface area contributed by atoms with Crippen LogP contribution in [0.3, 0.4) is 0 Å². The summed E-state index contributed by atoms with van der Waals surface area (Å²) in [6.07, 6.45) is 3.02. The van der Waals surface area contributed by atoms with Crippen LogP contribution in [0.15, 0.2) is 48.5 Å². The Morgan fingerprint density at radius 1 is 1.03 bits per heavy atom. The SMILES string of the molecule is CCCCc1nc(Cl)c(COCOCCOC)n1Cc1ccc(-c2ccccc2N)cc1. The molecule has 0 aliphatic heterocycles. The van der Waals surface area contributed by atoms with Crippen molar-refractivity contribution in [1.29, 1.82) is 0 Å². The molecule has 0 aliphatic rings. The Morgan fingerprint density at radius 3 is 2.53 bits per heavy atom. The molecular weight excluding hydrogens is 426 g/mol. The van der Waals surface area contributed by atoms with Crippen molar-refractivity contribution in [2.75, 3.05) is 32.9 Å². The van der Waals surface area contributed by atoms with Gasteiger partial charge >= 0.3 is 0 Å². The minimum Gasteiger partial charge on any atom is -0.398 e. The smallest absolute Gasteiger partial charge is 0.153 e. The first-order valence-electron chi connectivity index (χ1n) is 11.0. The van der Waals surface area contributed by atoms with Gasteiger partial charge in [0.2, 0.25) is 0 Å². The number of halogens is 1. The maximum absolute atomic E-state index is 6.49. The summed E-state index contributed by atoms with van der Waals surface area (Å²) in [6, 6.07) is 16.3. The first kappa shape index (κ1) is 24.3. The molecule has 6 nitrogen and oxygen atoms in total. The summed E-state index contributed by atoms with van der Waals surface area (Å²) in [5.74, 6) is 0.979. The number of nitrogens with two attached hydrogens (primary N) is 1. The largest absolute Gasteiger partial charge is 0.398 e. The number of benzene rings is 2. The van der Waals surface area contributed by atoms with E-state index >= 15 is 0 Å². The minimum absolute atomic E-state index is 0.183. The van der Waals surface area contributed by atoms with E-state index in [1.807, 2.05) is 24.3 Å². The van der Waals surface area contributed by atoms with Crippen molar-refractivity contribution >= 4 is 17.3 Å². The summed E-state index contributed by atoms with van der Waals surface area (Å²) in [6.45, 7) is 4.39. The molecule has 32 heavy (non-hydrogen) atoms. The fourth-order valence-electron chi connectivity index (χ4n) is 3.49. The maximum atomic E-state index is 6.49. The third kappa shape index (κ3) is 6.56. The number of aromatic nitrogens is 2. The van der Waals surface area contributed by atoms with E-state index in [4.69, 9.17) is 31.5 Å². The second-order valence-corrected chi connectivity index (χ2v) is 7.96. The molecule has 0 bridgehead atoms. The fourth-order valence-corrected chi connectivity index (χ4v) is 3.74. The molecule has 0 fully saturated rings. The number of para-hydroxylation sites is 1. The molecule has 3 rings (SSSR count). The fraction of sp³-hybridized carbons (Fsp3) is 0.400. The molecule has 7 heteroatoms. The van der Waals surface area contributed by atoms with Gasteiger partial charge in [0.05, 0.1) is 25.5 Å². The van der Waals surface area contributed by atoms with Crippen molar-refractivity contribution in [3.63, 3.8) is 0 Å². The van der Waals surface area contributed by atoms with Crippen molar-refractivity contribution in [1.82, 2.24) is 9.55 Å². The molecule has 0 radical (unpaired) electrons. The van der Waals surface area contributed by atoms with Gasteiger partial charge in [0.25, 0.3) is 0 Å².